The van der Waals surface area contributed by atoms with E-state index in [1.165, 1.54) is 6.42 Å². The summed E-state index contributed by atoms with van der Waals surface area (Å²) in [6, 6.07) is 0. The van der Waals surface area contributed by atoms with Crippen LogP contribution in [-0.2, 0) is 11.8 Å². The van der Waals surface area contributed by atoms with Gasteiger partial charge in [-0.2, -0.15) is 5.10 Å². The van der Waals surface area contributed by atoms with Gasteiger partial charge in [0.05, 0.1) is 17.9 Å². The normalized spacial score (nSPS) is 17.0. The summed E-state index contributed by atoms with van der Waals surface area (Å²) in [7, 11) is 1.83. The van der Waals surface area contributed by atoms with Gasteiger partial charge in [0, 0.05) is 31.8 Å². The first-order valence-corrected chi connectivity index (χ1v) is 6.92. The number of carbonyl (C=O) groups excluding carboxylic acids is 1. The molecule has 5 nitrogen and oxygen atoms in total. The standard InChI is InChI=1S/C14H23N3O2/c1-4-19-10-14(6-5-7-14)9-15-13(18)12-8-17(3)16-11(12)2/h8H,4-7,9-10H2,1-3H3,(H,15,18). The lowest BCUT2D eigenvalue weighted by atomic mass is 9.69. The van der Waals surface area contributed by atoms with E-state index in [1.807, 2.05) is 20.9 Å². The maximum Gasteiger partial charge on any atom is 0.254 e. The topological polar surface area (TPSA) is 56.1 Å². The van der Waals surface area contributed by atoms with Gasteiger partial charge in [-0.05, 0) is 26.7 Å². The van der Waals surface area contributed by atoms with Gasteiger partial charge < -0.3 is 10.1 Å². The number of aryl methyl sites for hydroxylation is 2. The first-order valence-electron chi connectivity index (χ1n) is 6.92. The Kier molecular flexibility index (Phi) is 4.24. The molecule has 1 aliphatic rings. The zero-order chi connectivity index (χ0) is 13.9. The molecule has 0 saturated heterocycles. The number of carbonyl (C=O) groups is 1. The summed E-state index contributed by atoms with van der Waals surface area (Å²) in [6.07, 6.45) is 5.27. The van der Waals surface area contributed by atoms with E-state index >= 15 is 0 Å². The third-order valence-corrected chi connectivity index (χ3v) is 3.91. The Bertz CT molecular complexity index is 450. The highest BCUT2D eigenvalue weighted by molar-refractivity contribution is 5.95. The van der Waals surface area contributed by atoms with Crippen molar-refractivity contribution < 1.29 is 9.53 Å². The minimum absolute atomic E-state index is 0.0339. The van der Waals surface area contributed by atoms with Crippen LogP contribution in [0.4, 0.5) is 0 Å². The second-order valence-corrected chi connectivity index (χ2v) is 5.48. The molecule has 0 aromatic carbocycles. The molecule has 19 heavy (non-hydrogen) atoms. The summed E-state index contributed by atoms with van der Waals surface area (Å²) < 4.78 is 7.21. The highest BCUT2D eigenvalue weighted by Crippen LogP contribution is 2.40. The van der Waals surface area contributed by atoms with Crippen molar-refractivity contribution in [2.24, 2.45) is 12.5 Å². The molecular weight excluding hydrogens is 242 g/mol. The smallest absolute Gasteiger partial charge is 0.254 e. The highest BCUT2D eigenvalue weighted by atomic mass is 16.5. The van der Waals surface area contributed by atoms with Crippen LogP contribution in [0.25, 0.3) is 0 Å². The predicted molar refractivity (Wildman–Crippen MR) is 73.1 cm³/mol. The van der Waals surface area contributed by atoms with Gasteiger partial charge in [-0.3, -0.25) is 9.48 Å². The van der Waals surface area contributed by atoms with E-state index in [0.717, 1.165) is 31.7 Å². The lowest BCUT2D eigenvalue weighted by molar-refractivity contribution is -0.000186. The summed E-state index contributed by atoms with van der Waals surface area (Å²) in [5, 5.41) is 7.22. The Hall–Kier alpha value is -1.36. The van der Waals surface area contributed by atoms with Crippen LogP contribution >= 0.6 is 0 Å². The van der Waals surface area contributed by atoms with Gasteiger partial charge in [0.25, 0.3) is 5.91 Å². The second kappa shape index (κ2) is 5.74. The van der Waals surface area contributed by atoms with Crippen molar-refractivity contribution in [2.75, 3.05) is 19.8 Å². The summed E-state index contributed by atoms with van der Waals surface area (Å²) >= 11 is 0. The zero-order valence-electron chi connectivity index (χ0n) is 12.0. The number of hydrogen-bond donors (Lipinski definition) is 1. The lowest BCUT2D eigenvalue weighted by Gasteiger charge is -2.41. The van der Waals surface area contributed by atoms with Crippen molar-refractivity contribution in [3.8, 4) is 0 Å². The van der Waals surface area contributed by atoms with Crippen molar-refractivity contribution in [3.63, 3.8) is 0 Å². The Labute approximate surface area is 114 Å². The van der Waals surface area contributed by atoms with Crippen LogP contribution < -0.4 is 5.32 Å². The van der Waals surface area contributed by atoms with E-state index < -0.39 is 0 Å². The van der Waals surface area contributed by atoms with Crippen LogP contribution in [0.15, 0.2) is 6.20 Å². The molecule has 1 aromatic rings. The van der Waals surface area contributed by atoms with Crippen LogP contribution in [0.3, 0.4) is 0 Å². The van der Waals surface area contributed by atoms with Gasteiger partial charge in [0.2, 0.25) is 0 Å². The van der Waals surface area contributed by atoms with Gasteiger partial charge >= 0.3 is 0 Å². The molecule has 0 spiro atoms. The minimum atomic E-state index is -0.0339. The van der Waals surface area contributed by atoms with E-state index in [1.54, 1.807) is 10.9 Å². The maximum atomic E-state index is 12.1. The first-order chi connectivity index (χ1) is 9.06. The molecule has 5 heteroatoms. The molecule has 0 aliphatic heterocycles. The van der Waals surface area contributed by atoms with E-state index in [0.29, 0.717) is 12.1 Å². The summed E-state index contributed by atoms with van der Waals surface area (Å²) in [6.45, 7) is 6.03. The average molecular weight is 265 g/mol. The van der Waals surface area contributed by atoms with Gasteiger partial charge in [-0.25, -0.2) is 0 Å². The molecule has 0 atom stereocenters. The molecule has 1 amide bonds. The number of aromatic nitrogens is 2. The number of nitrogens with one attached hydrogen (secondary N) is 1. The average Bonchev–Trinajstić information content (AvgIpc) is 2.66. The van der Waals surface area contributed by atoms with E-state index in [9.17, 15) is 4.79 Å². The van der Waals surface area contributed by atoms with Gasteiger partial charge in [-0.15, -0.1) is 0 Å². The third-order valence-electron chi connectivity index (χ3n) is 3.91. The molecule has 0 bridgehead atoms. The Balaban J connectivity index is 1.90. The fraction of sp³-hybridized carbons (Fsp3) is 0.714. The quantitative estimate of drug-likeness (QED) is 0.851. The minimum Gasteiger partial charge on any atom is -0.381 e. The number of hydrogen-bond acceptors (Lipinski definition) is 3. The van der Waals surface area contributed by atoms with Gasteiger partial charge in [0.15, 0.2) is 0 Å². The Morgan fingerprint density at radius 2 is 2.32 bits per heavy atom. The van der Waals surface area contributed by atoms with Crippen molar-refractivity contribution in [3.05, 3.63) is 17.5 Å². The number of ether oxygens (including phenoxy) is 1. The van der Waals surface area contributed by atoms with Crippen LogP contribution in [0.1, 0.15) is 42.2 Å². The van der Waals surface area contributed by atoms with E-state index in [-0.39, 0.29) is 11.3 Å². The largest absolute Gasteiger partial charge is 0.381 e. The molecule has 1 aliphatic carbocycles. The molecule has 1 fully saturated rings. The lowest BCUT2D eigenvalue weighted by Crippen LogP contribution is -2.45. The van der Waals surface area contributed by atoms with Crippen molar-refractivity contribution in [1.29, 1.82) is 0 Å². The molecule has 1 aromatic heterocycles. The predicted octanol–water partition coefficient (Wildman–Crippen LogP) is 1.67. The maximum absolute atomic E-state index is 12.1. The monoisotopic (exact) mass is 265 g/mol. The molecule has 1 heterocycles. The summed E-state index contributed by atoms with van der Waals surface area (Å²) in [5.74, 6) is -0.0339. The Morgan fingerprint density at radius 1 is 1.58 bits per heavy atom. The van der Waals surface area contributed by atoms with Crippen LogP contribution in [-0.4, -0.2) is 35.4 Å². The highest BCUT2D eigenvalue weighted by Gasteiger charge is 2.37. The van der Waals surface area contributed by atoms with Crippen LogP contribution in [0.2, 0.25) is 0 Å². The van der Waals surface area contributed by atoms with E-state index in [2.05, 4.69) is 10.4 Å². The van der Waals surface area contributed by atoms with Crippen molar-refractivity contribution in [1.82, 2.24) is 15.1 Å². The molecular formula is C14H23N3O2. The first kappa shape index (κ1) is 14.1. The molecule has 106 valence electrons. The molecule has 0 unspecified atom stereocenters. The van der Waals surface area contributed by atoms with Gasteiger partial charge in [-0.1, -0.05) is 6.42 Å². The Morgan fingerprint density at radius 3 is 2.79 bits per heavy atom. The number of nitrogens with zero attached hydrogens (tertiary/aromatic N) is 2. The number of amides is 1. The van der Waals surface area contributed by atoms with Crippen molar-refractivity contribution in [2.45, 2.75) is 33.1 Å². The van der Waals surface area contributed by atoms with E-state index in [4.69, 9.17) is 4.74 Å². The number of rotatable bonds is 6. The SMILES string of the molecule is CCOCC1(CNC(=O)c2cn(C)nc2C)CCC1. The fourth-order valence-corrected chi connectivity index (χ4v) is 2.55. The molecule has 1 N–H and O–H groups in total. The van der Waals surface area contributed by atoms with Gasteiger partial charge in [0.1, 0.15) is 0 Å². The molecule has 2 rings (SSSR count). The zero-order valence-corrected chi connectivity index (χ0v) is 12.0. The van der Waals surface area contributed by atoms with Crippen LogP contribution in [0, 0.1) is 12.3 Å². The molecule has 1 saturated carbocycles. The summed E-state index contributed by atoms with van der Waals surface area (Å²) in [4.78, 5) is 12.1. The fourth-order valence-electron chi connectivity index (χ4n) is 2.55. The second-order valence-electron chi connectivity index (χ2n) is 5.48. The summed E-state index contributed by atoms with van der Waals surface area (Å²) in [5.41, 5.74) is 1.59. The third kappa shape index (κ3) is 3.15. The van der Waals surface area contributed by atoms with Crippen LogP contribution in [0.5, 0.6) is 0 Å². The molecule has 0 radical (unpaired) electrons. The van der Waals surface area contributed by atoms with Crippen molar-refractivity contribution >= 4 is 5.91 Å².